The number of ether oxygens (including phenoxy) is 2. The van der Waals surface area contributed by atoms with Crippen LogP contribution in [0, 0.1) is 5.92 Å². The summed E-state index contributed by atoms with van der Waals surface area (Å²) in [6.07, 6.45) is 0.725. The van der Waals surface area contributed by atoms with Gasteiger partial charge in [-0.25, -0.2) is 4.79 Å². The lowest BCUT2D eigenvalue weighted by molar-refractivity contribution is 0.0528. The summed E-state index contributed by atoms with van der Waals surface area (Å²) in [5.41, 5.74) is -0.443. The van der Waals surface area contributed by atoms with Gasteiger partial charge in [0.1, 0.15) is 5.60 Å². The van der Waals surface area contributed by atoms with E-state index in [0.717, 1.165) is 19.6 Å². The number of amides is 1. The summed E-state index contributed by atoms with van der Waals surface area (Å²) < 4.78 is 10.6. The van der Waals surface area contributed by atoms with Crippen LogP contribution in [0.2, 0.25) is 0 Å². The topological polar surface area (TPSA) is 59.6 Å². The highest BCUT2D eigenvalue weighted by Crippen LogP contribution is 2.05. The molecule has 0 saturated heterocycles. The molecule has 0 aliphatic heterocycles. The summed E-state index contributed by atoms with van der Waals surface area (Å²) in [6.45, 7) is 13.5. The third-order valence-electron chi connectivity index (χ3n) is 2.23. The van der Waals surface area contributed by atoms with Crippen molar-refractivity contribution in [2.24, 2.45) is 5.92 Å². The summed E-state index contributed by atoms with van der Waals surface area (Å²) in [5.74, 6) is 0.686. The predicted octanol–water partition coefficient (Wildman–Crippen LogP) is 2.16. The predicted molar refractivity (Wildman–Crippen MR) is 77.4 cm³/mol. The van der Waals surface area contributed by atoms with Gasteiger partial charge in [0.2, 0.25) is 0 Å². The van der Waals surface area contributed by atoms with Crippen molar-refractivity contribution >= 4 is 6.09 Å². The Morgan fingerprint density at radius 2 is 1.79 bits per heavy atom. The number of hydrogen-bond donors (Lipinski definition) is 2. The Hall–Kier alpha value is -0.810. The molecule has 0 rings (SSSR count). The molecule has 0 saturated carbocycles. The second-order valence-electron chi connectivity index (χ2n) is 5.97. The highest BCUT2D eigenvalue weighted by molar-refractivity contribution is 5.67. The Labute approximate surface area is 117 Å². The first kappa shape index (κ1) is 18.2. The van der Waals surface area contributed by atoms with Crippen LogP contribution >= 0.6 is 0 Å². The summed E-state index contributed by atoms with van der Waals surface area (Å²) in [4.78, 5) is 11.3. The second-order valence-corrected chi connectivity index (χ2v) is 5.97. The standard InChI is InChI=1S/C14H30N2O3/c1-12(2)6-10-18-11-9-15-7-8-16-13(17)19-14(3,4)5/h12,15H,6-11H2,1-5H3,(H,16,17). The summed E-state index contributed by atoms with van der Waals surface area (Å²) >= 11 is 0. The van der Waals surface area contributed by atoms with E-state index in [9.17, 15) is 4.79 Å². The van der Waals surface area contributed by atoms with Gasteiger partial charge in [-0.15, -0.1) is 0 Å². The van der Waals surface area contributed by atoms with Gasteiger partial charge in [-0.05, 0) is 33.1 Å². The van der Waals surface area contributed by atoms with Gasteiger partial charge in [-0.1, -0.05) is 13.8 Å². The quantitative estimate of drug-likeness (QED) is 0.633. The molecule has 0 atom stereocenters. The number of carbonyl (C=O) groups is 1. The fourth-order valence-electron chi connectivity index (χ4n) is 1.26. The first-order chi connectivity index (χ1) is 8.81. The normalized spacial score (nSPS) is 11.7. The number of alkyl carbamates (subject to hydrolysis) is 1. The minimum atomic E-state index is -0.443. The zero-order valence-electron chi connectivity index (χ0n) is 13.0. The average Bonchev–Trinajstić information content (AvgIpc) is 2.24. The fourth-order valence-corrected chi connectivity index (χ4v) is 1.26. The van der Waals surface area contributed by atoms with Crippen LogP contribution in [0.1, 0.15) is 41.0 Å². The van der Waals surface area contributed by atoms with Crippen LogP contribution in [0.25, 0.3) is 0 Å². The summed E-state index contributed by atoms with van der Waals surface area (Å²) in [5, 5.41) is 5.89. The molecule has 0 unspecified atom stereocenters. The molecule has 114 valence electrons. The van der Waals surface area contributed by atoms with Crippen LogP contribution in [0.4, 0.5) is 4.79 Å². The third kappa shape index (κ3) is 15.1. The lowest BCUT2D eigenvalue weighted by Gasteiger charge is -2.19. The molecule has 0 aromatic rings. The van der Waals surface area contributed by atoms with E-state index in [4.69, 9.17) is 9.47 Å². The minimum Gasteiger partial charge on any atom is -0.444 e. The van der Waals surface area contributed by atoms with E-state index < -0.39 is 5.60 Å². The molecule has 5 heteroatoms. The first-order valence-corrected chi connectivity index (χ1v) is 7.06. The van der Waals surface area contributed by atoms with Crippen LogP contribution < -0.4 is 10.6 Å². The van der Waals surface area contributed by atoms with Crippen LogP contribution in [0.5, 0.6) is 0 Å². The molecule has 0 spiro atoms. The van der Waals surface area contributed by atoms with Crippen molar-refractivity contribution in [2.75, 3.05) is 32.8 Å². The van der Waals surface area contributed by atoms with Crippen molar-refractivity contribution in [1.29, 1.82) is 0 Å². The minimum absolute atomic E-state index is 0.373. The van der Waals surface area contributed by atoms with Crippen LogP contribution in [0.15, 0.2) is 0 Å². The van der Waals surface area contributed by atoms with E-state index in [-0.39, 0.29) is 6.09 Å². The highest BCUT2D eigenvalue weighted by atomic mass is 16.6. The lowest BCUT2D eigenvalue weighted by atomic mass is 10.1. The molecule has 0 bridgehead atoms. The Kier molecular flexibility index (Phi) is 9.61. The van der Waals surface area contributed by atoms with Crippen LogP contribution in [0.3, 0.4) is 0 Å². The Balaban J connectivity index is 3.25. The SMILES string of the molecule is CC(C)CCOCCNCCNC(=O)OC(C)(C)C. The maximum Gasteiger partial charge on any atom is 0.407 e. The van der Waals surface area contributed by atoms with Gasteiger partial charge < -0.3 is 20.1 Å². The second kappa shape index (κ2) is 10.0. The smallest absolute Gasteiger partial charge is 0.407 e. The van der Waals surface area contributed by atoms with Crippen molar-refractivity contribution in [3.05, 3.63) is 0 Å². The molecule has 19 heavy (non-hydrogen) atoms. The lowest BCUT2D eigenvalue weighted by Crippen LogP contribution is -2.37. The monoisotopic (exact) mass is 274 g/mol. The molecular formula is C14H30N2O3. The third-order valence-corrected chi connectivity index (χ3v) is 2.23. The fraction of sp³-hybridized carbons (Fsp3) is 0.929. The molecule has 0 aliphatic carbocycles. The molecule has 0 aliphatic rings. The largest absolute Gasteiger partial charge is 0.444 e. The number of hydrogen-bond acceptors (Lipinski definition) is 4. The van der Waals surface area contributed by atoms with Gasteiger partial charge in [-0.2, -0.15) is 0 Å². The molecule has 0 heterocycles. The van der Waals surface area contributed by atoms with Gasteiger partial charge in [-0.3, -0.25) is 0 Å². The van der Waals surface area contributed by atoms with Gasteiger partial charge in [0.25, 0.3) is 0 Å². The molecule has 2 N–H and O–H groups in total. The molecule has 1 amide bonds. The Morgan fingerprint density at radius 1 is 1.11 bits per heavy atom. The summed E-state index contributed by atoms with van der Waals surface area (Å²) in [6, 6.07) is 0. The highest BCUT2D eigenvalue weighted by Gasteiger charge is 2.15. The zero-order chi connectivity index (χ0) is 14.7. The van der Waals surface area contributed by atoms with Gasteiger partial charge in [0.15, 0.2) is 0 Å². The molecular weight excluding hydrogens is 244 g/mol. The number of nitrogens with one attached hydrogen (secondary N) is 2. The number of rotatable bonds is 9. The maximum atomic E-state index is 11.3. The molecule has 0 fully saturated rings. The van der Waals surface area contributed by atoms with E-state index in [0.29, 0.717) is 25.6 Å². The maximum absolute atomic E-state index is 11.3. The van der Waals surface area contributed by atoms with E-state index in [1.165, 1.54) is 0 Å². The molecule has 0 radical (unpaired) electrons. The van der Waals surface area contributed by atoms with Crippen molar-refractivity contribution < 1.29 is 14.3 Å². The number of carbonyl (C=O) groups excluding carboxylic acids is 1. The van der Waals surface area contributed by atoms with E-state index >= 15 is 0 Å². The van der Waals surface area contributed by atoms with E-state index in [1.807, 2.05) is 20.8 Å². The molecule has 0 aromatic carbocycles. The Morgan fingerprint density at radius 3 is 2.37 bits per heavy atom. The van der Waals surface area contributed by atoms with Crippen LogP contribution in [-0.2, 0) is 9.47 Å². The van der Waals surface area contributed by atoms with Crippen molar-refractivity contribution in [3.63, 3.8) is 0 Å². The van der Waals surface area contributed by atoms with E-state index in [2.05, 4.69) is 24.5 Å². The Bertz CT molecular complexity index is 237. The summed E-state index contributed by atoms with van der Waals surface area (Å²) in [7, 11) is 0. The molecule has 0 aromatic heterocycles. The van der Waals surface area contributed by atoms with E-state index in [1.54, 1.807) is 0 Å². The zero-order valence-corrected chi connectivity index (χ0v) is 13.0. The molecule has 5 nitrogen and oxygen atoms in total. The van der Waals surface area contributed by atoms with Crippen molar-refractivity contribution in [3.8, 4) is 0 Å². The van der Waals surface area contributed by atoms with Gasteiger partial charge >= 0.3 is 6.09 Å². The van der Waals surface area contributed by atoms with Crippen molar-refractivity contribution in [1.82, 2.24) is 10.6 Å². The van der Waals surface area contributed by atoms with Crippen molar-refractivity contribution in [2.45, 2.75) is 46.6 Å². The average molecular weight is 274 g/mol. The first-order valence-electron chi connectivity index (χ1n) is 7.06. The van der Waals surface area contributed by atoms with Gasteiger partial charge in [0.05, 0.1) is 6.61 Å². The van der Waals surface area contributed by atoms with Crippen LogP contribution in [-0.4, -0.2) is 44.5 Å². The van der Waals surface area contributed by atoms with Gasteiger partial charge in [0, 0.05) is 26.2 Å².